The predicted molar refractivity (Wildman–Crippen MR) is 146 cm³/mol. The number of methoxy groups -OCH3 is 1. The van der Waals surface area contributed by atoms with Gasteiger partial charge in [-0.15, -0.1) is 11.3 Å². The molecule has 0 aromatic carbocycles. The molecular weight excluding hydrogens is 470 g/mol. The summed E-state index contributed by atoms with van der Waals surface area (Å²) < 4.78 is 5.11. The Morgan fingerprint density at radius 2 is 1.86 bits per heavy atom. The molecule has 1 saturated carbocycles. The van der Waals surface area contributed by atoms with Crippen molar-refractivity contribution in [1.29, 1.82) is 0 Å². The fourth-order valence-electron chi connectivity index (χ4n) is 5.09. The number of carbonyl (C=O) groups excluding carboxylic acids is 3. The molecule has 0 saturated heterocycles. The number of ketones is 1. The zero-order chi connectivity index (χ0) is 26.6. The summed E-state index contributed by atoms with van der Waals surface area (Å²) in [5.74, 6) is 5.84. The maximum Gasteiger partial charge on any atom is 0.350 e. The van der Waals surface area contributed by atoms with Gasteiger partial charge in [0.25, 0.3) is 0 Å². The zero-order valence-corrected chi connectivity index (χ0v) is 23.7. The van der Waals surface area contributed by atoms with Crippen LogP contribution in [0.5, 0.6) is 0 Å². The van der Waals surface area contributed by atoms with Crippen LogP contribution in [0.25, 0.3) is 0 Å². The monoisotopic (exact) mass is 511 g/mol. The maximum absolute atomic E-state index is 14.2. The second kappa shape index (κ2) is 11.8. The summed E-state index contributed by atoms with van der Waals surface area (Å²) in [6.45, 7) is 12.3. The van der Waals surface area contributed by atoms with Crippen LogP contribution >= 0.6 is 11.3 Å². The van der Waals surface area contributed by atoms with E-state index in [2.05, 4.69) is 38.7 Å². The van der Waals surface area contributed by atoms with E-state index in [0.717, 1.165) is 32.1 Å². The van der Waals surface area contributed by atoms with Gasteiger partial charge in [-0.3, -0.25) is 14.5 Å². The second-order valence-electron chi connectivity index (χ2n) is 11.6. The lowest BCUT2D eigenvalue weighted by molar-refractivity contribution is -0.130. The number of anilines is 1. The molecule has 1 heterocycles. The van der Waals surface area contributed by atoms with E-state index in [0.29, 0.717) is 28.3 Å². The minimum absolute atomic E-state index is 0.0696. The highest BCUT2D eigenvalue weighted by Gasteiger charge is 2.41. The van der Waals surface area contributed by atoms with Gasteiger partial charge in [-0.2, -0.15) is 0 Å². The lowest BCUT2D eigenvalue weighted by Gasteiger charge is -2.35. The van der Waals surface area contributed by atoms with Gasteiger partial charge in [0.05, 0.1) is 23.7 Å². The number of hydrogen-bond donors (Lipinski definition) is 0. The maximum atomic E-state index is 14.2. The summed E-state index contributed by atoms with van der Waals surface area (Å²) in [6.07, 6.45) is 7.70. The highest BCUT2D eigenvalue weighted by atomic mass is 32.1. The SMILES string of the molecule is COC(=O)c1sc(C#CC(C)(C)C)cc1N(C(=O)C1CC=C(C)CC1)C1CCCCC(C(C)C)C1=O. The molecule has 1 fully saturated rings. The molecule has 5 nitrogen and oxygen atoms in total. The van der Waals surface area contributed by atoms with E-state index < -0.39 is 12.0 Å². The number of allylic oxidation sites excluding steroid dienone is 2. The molecule has 3 rings (SSSR count). The van der Waals surface area contributed by atoms with Crippen LogP contribution in [0, 0.1) is 35.0 Å². The zero-order valence-electron chi connectivity index (χ0n) is 22.9. The third kappa shape index (κ3) is 6.68. The van der Waals surface area contributed by atoms with Gasteiger partial charge in [0, 0.05) is 17.3 Å². The van der Waals surface area contributed by atoms with Gasteiger partial charge in [-0.05, 0) is 71.8 Å². The fourth-order valence-corrected chi connectivity index (χ4v) is 6.01. The van der Waals surface area contributed by atoms with Crippen molar-refractivity contribution in [2.75, 3.05) is 12.0 Å². The van der Waals surface area contributed by atoms with Crippen molar-refractivity contribution < 1.29 is 19.1 Å². The molecule has 1 aromatic heterocycles. The number of amides is 1. The third-order valence-electron chi connectivity index (χ3n) is 7.18. The average molecular weight is 512 g/mol. The van der Waals surface area contributed by atoms with E-state index in [4.69, 9.17) is 4.74 Å². The Morgan fingerprint density at radius 3 is 2.44 bits per heavy atom. The van der Waals surface area contributed by atoms with Crippen molar-refractivity contribution in [3.8, 4) is 11.8 Å². The van der Waals surface area contributed by atoms with Crippen LogP contribution in [0.1, 0.15) is 101 Å². The molecule has 1 amide bonds. The quantitative estimate of drug-likeness (QED) is 0.189. The summed E-state index contributed by atoms with van der Waals surface area (Å²) >= 11 is 1.24. The molecule has 0 aliphatic heterocycles. The molecule has 0 bridgehead atoms. The van der Waals surface area contributed by atoms with E-state index >= 15 is 0 Å². The van der Waals surface area contributed by atoms with Crippen LogP contribution in [0.2, 0.25) is 0 Å². The third-order valence-corrected chi connectivity index (χ3v) is 8.20. The number of thiophene rings is 1. The fraction of sp³-hybridized carbons (Fsp3) is 0.633. The predicted octanol–water partition coefficient (Wildman–Crippen LogP) is 6.80. The summed E-state index contributed by atoms with van der Waals surface area (Å²) in [5, 5.41) is 0. The van der Waals surface area contributed by atoms with Gasteiger partial charge < -0.3 is 4.74 Å². The second-order valence-corrected chi connectivity index (χ2v) is 12.7. The lowest BCUT2D eigenvalue weighted by Crippen LogP contribution is -2.50. The summed E-state index contributed by atoms with van der Waals surface area (Å²) in [6, 6.07) is 1.24. The van der Waals surface area contributed by atoms with Gasteiger partial charge in [-0.25, -0.2) is 4.79 Å². The molecule has 3 unspecified atom stereocenters. The molecule has 0 N–H and O–H groups in total. The first kappa shape index (κ1) is 28.2. The number of ether oxygens (including phenoxy) is 1. The van der Waals surface area contributed by atoms with Crippen molar-refractivity contribution in [3.05, 3.63) is 27.5 Å². The van der Waals surface area contributed by atoms with Crippen LogP contribution in [-0.4, -0.2) is 30.8 Å². The van der Waals surface area contributed by atoms with Crippen molar-refractivity contribution in [1.82, 2.24) is 0 Å². The molecule has 196 valence electrons. The number of rotatable bonds is 5. The van der Waals surface area contributed by atoms with Crippen LogP contribution in [0.4, 0.5) is 5.69 Å². The van der Waals surface area contributed by atoms with E-state index in [1.54, 1.807) is 4.90 Å². The van der Waals surface area contributed by atoms with Crippen LogP contribution < -0.4 is 4.90 Å². The Bertz CT molecular complexity index is 1080. The van der Waals surface area contributed by atoms with Crippen molar-refractivity contribution in [2.24, 2.45) is 23.2 Å². The van der Waals surface area contributed by atoms with E-state index in [9.17, 15) is 14.4 Å². The Morgan fingerprint density at radius 1 is 1.17 bits per heavy atom. The van der Waals surface area contributed by atoms with E-state index in [1.165, 1.54) is 24.0 Å². The smallest absolute Gasteiger partial charge is 0.350 e. The molecule has 3 atom stereocenters. The molecule has 36 heavy (non-hydrogen) atoms. The number of hydrogen-bond acceptors (Lipinski definition) is 5. The van der Waals surface area contributed by atoms with Crippen molar-refractivity contribution in [3.63, 3.8) is 0 Å². The molecule has 2 aliphatic carbocycles. The summed E-state index contributed by atoms with van der Waals surface area (Å²) in [7, 11) is 1.35. The van der Waals surface area contributed by atoms with Gasteiger partial charge in [0.2, 0.25) is 5.91 Å². The van der Waals surface area contributed by atoms with E-state index in [-0.39, 0.29) is 34.9 Å². The number of esters is 1. The molecule has 1 aromatic rings. The molecule has 0 radical (unpaired) electrons. The molecule has 0 spiro atoms. The van der Waals surface area contributed by atoms with Crippen LogP contribution in [0.15, 0.2) is 17.7 Å². The number of Topliss-reactive ketones (excluding diaryl/α,β-unsaturated/α-hetero) is 1. The number of carbonyl (C=O) groups is 3. The Kier molecular flexibility index (Phi) is 9.22. The Labute approximate surface area is 220 Å². The van der Waals surface area contributed by atoms with Gasteiger partial charge in [-0.1, -0.05) is 50.2 Å². The highest BCUT2D eigenvalue weighted by molar-refractivity contribution is 7.15. The largest absolute Gasteiger partial charge is 0.465 e. The highest BCUT2D eigenvalue weighted by Crippen LogP contribution is 2.39. The first-order chi connectivity index (χ1) is 16.9. The number of nitrogens with zero attached hydrogens (tertiary/aromatic N) is 1. The van der Waals surface area contributed by atoms with Crippen LogP contribution in [0.3, 0.4) is 0 Å². The molecule has 6 heteroatoms. The first-order valence-electron chi connectivity index (χ1n) is 13.2. The average Bonchev–Trinajstić information content (AvgIpc) is 3.14. The van der Waals surface area contributed by atoms with Gasteiger partial charge in [0.15, 0.2) is 5.78 Å². The lowest BCUT2D eigenvalue weighted by atomic mass is 9.84. The molecular formula is C30H41NO4S. The summed E-state index contributed by atoms with van der Waals surface area (Å²) in [5.41, 5.74) is 1.56. The van der Waals surface area contributed by atoms with E-state index in [1.807, 2.05) is 26.8 Å². The van der Waals surface area contributed by atoms with Crippen LogP contribution in [-0.2, 0) is 14.3 Å². The van der Waals surface area contributed by atoms with Gasteiger partial charge in [0.1, 0.15) is 4.88 Å². The van der Waals surface area contributed by atoms with Crippen molar-refractivity contribution >= 4 is 34.7 Å². The Balaban J connectivity index is 2.16. The first-order valence-corrected chi connectivity index (χ1v) is 14.0. The standard InChI is InChI=1S/C30H41NO4S/c1-19(2)23-10-8-9-11-24(26(23)32)31(28(33)21-14-12-20(3)13-15-21)25-18-22(16-17-30(4,5)6)36-27(25)29(34)35-7/h12,18-19,21,23-24H,8-11,13-15H2,1-7H3. The normalized spacial score (nSPS) is 22.8. The molecule has 2 aliphatic rings. The topological polar surface area (TPSA) is 63.7 Å². The minimum Gasteiger partial charge on any atom is -0.465 e. The Hall–Kier alpha value is -2.39. The summed E-state index contributed by atoms with van der Waals surface area (Å²) in [4.78, 5) is 43.7. The van der Waals surface area contributed by atoms with Gasteiger partial charge >= 0.3 is 5.97 Å². The van der Waals surface area contributed by atoms with Crippen molar-refractivity contribution in [2.45, 2.75) is 92.5 Å². The minimum atomic E-state index is -0.583.